The molecule has 0 bridgehead atoms. The normalized spacial score (nSPS) is 10.3. The molecular weight excluding hydrogens is 336 g/mol. The maximum atomic E-state index is 12.2. The molecular formula is C19H17ClN4O. The Morgan fingerprint density at radius 2 is 2.04 bits per heavy atom. The van der Waals surface area contributed by atoms with Gasteiger partial charge in [0, 0.05) is 35.8 Å². The number of anilines is 2. The van der Waals surface area contributed by atoms with E-state index in [-0.39, 0.29) is 5.91 Å². The minimum Gasteiger partial charge on any atom is -0.348 e. The van der Waals surface area contributed by atoms with E-state index in [4.69, 9.17) is 11.6 Å². The number of halogens is 1. The van der Waals surface area contributed by atoms with Crippen molar-refractivity contribution in [3.8, 4) is 0 Å². The highest BCUT2D eigenvalue weighted by Gasteiger charge is 2.07. The summed E-state index contributed by atoms with van der Waals surface area (Å²) in [5.74, 6) is 0.486. The molecule has 0 aliphatic heterocycles. The summed E-state index contributed by atoms with van der Waals surface area (Å²) in [4.78, 5) is 20.5. The van der Waals surface area contributed by atoms with E-state index in [1.165, 1.54) is 0 Å². The van der Waals surface area contributed by atoms with Crippen molar-refractivity contribution in [1.29, 1.82) is 0 Å². The second kappa shape index (κ2) is 7.77. The SMILES string of the molecule is Cc1cc(Cl)ccc1Nc1ccc(C(=O)NCc2cccnc2)cn1. The molecule has 0 atom stereocenters. The third-order valence-corrected chi connectivity index (χ3v) is 3.89. The smallest absolute Gasteiger partial charge is 0.253 e. The summed E-state index contributed by atoms with van der Waals surface area (Å²) in [5, 5.41) is 6.75. The van der Waals surface area contributed by atoms with Crippen molar-refractivity contribution >= 4 is 29.0 Å². The fraction of sp³-hybridized carbons (Fsp3) is 0.105. The highest BCUT2D eigenvalue weighted by Crippen LogP contribution is 2.22. The van der Waals surface area contributed by atoms with Crippen LogP contribution in [-0.4, -0.2) is 15.9 Å². The number of benzene rings is 1. The molecule has 0 aliphatic carbocycles. The first kappa shape index (κ1) is 16.9. The van der Waals surface area contributed by atoms with Crippen LogP contribution >= 0.6 is 11.6 Å². The van der Waals surface area contributed by atoms with Crippen LogP contribution in [0, 0.1) is 6.92 Å². The lowest BCUT2D eigenvalue weighted by Crippen LogP contribution is -2.22. The highest BCUT2D eigenvalue weighted by molar-refractivity contribution is 6.30. The maximum Gasteiger partial charge on any atom is 0.253 e. The van der Waals surface area contributed by atoms with Gasteiger partial charge in [0.2, 0.25) is 0 Å². The summed E-state index contributed by atoms with van der Waals surface area (Å²) >= 11 is 5.96. The van der Waals surface area contributed by atoms with Crippen LogP contribution < -0.4 is 10.6 Å². The van der Waals surface area contributed by atoms with E-state index in [2.05, 4.69) is 20.6 Å². The number of aromatic nitrogens is 2. The average molecular weight is 353 g/mol. The molecule has 2 N–H and O–H groups in total. The van der Waals surface area contributed by atoms with Crippen LogP contribution in [0.1, 0.15) is 21.5 Å². The fourth-order valence-corrected chi connectivity index (χ4v) is 2.52. The fourth-order valence-electron chi connectivity index (χ4n) is 2.29. The van der Waals surface area contributed by atoms with E-state index in [0.717, 1.165) is 16.8 Å². The Hall–Kier alpha value is -2.92. The van der Waals surface area contributed by atoms with Crippen LogP contribution in [0.15, 0.2) is 61.1 Å². The first-order chi connectivity index (χ1) is 12.1. The molecule has 0 radical (unpaired) electrons. The van der Waals surface area contributed by atoms with Gasteiger partial charge in [0.15, 0.2) is 0 Å². The van der Waals surface area contributed by atoms with Crippen molar-refractivity contribution in [2.45, 2.75) is 13.5 Å². The number of nitrogens with zero attached hydrogens (tertiary/aromatic N) is 2. The van der Waals surface area contributed by atoms with Crippen LogP contribution in [0.25, 0.3) is 0 Å². The monoisotopic (exact) mass is 352 g/mol. The highest BCUT2D eigenvalue weighted by atomic mass is 35.5. The maximum absolute atomic E-state index is 12.2. The summed E-state index contributed by atoms with van der Waals surface area (Å²) in [6.07, 6.45) is 4.97. The molecule has 0 unspecified atom stereocenters. The quantitative estimate of drug-likeness (QED) is 0.725. The number of hydrogen-bond acceptors (Lipinski definition) is 4. The first-order valence-electron chi connectivity index (χ1n) is 7.78. The van der Waals surface area contributed by atoms with Crippen LogP contribution in [0.5, 0.6) is 0 Å². The van der Waals surface area contributed by atoms with Gasteiger partial charge in [-0.15, -0.1) is 0 Å². The standard InChI is InChI=1S/C19H17ClN4O/c1-13-9-16(20)5-6-17(13)24-18-7-4-15(12-22-18)19(25)23-11-14-3-2-8-21-10-14/h2-10,12H,11H2,1H3,(H,22,24)(H,23,25). The van der Waals surface area contributed by atoms with Gasteiger partial charge in [-0.05, 0) is 54.4 Å². The number of amides is 1. The van der Waals surface area contributed by atoms with E-state index in [9.17, 15) is 4.79 Å². The zero-order chi connectivity index (χ0) is 17.6. The number of carbonyl (C=O) groups is 1. The summed E-state index contributed by atoms with van der Waals surface area (Å²) in [5.41, 5.74) is 3.39. The largest absolute Gasteiger partial charge is 0.348 e. The Morgan fingerprint density at radius 3 is 2.72 bits per heavy atom. The third kappa shape index (κ3) is 4.55. The van der Waals surface area contributed by atoms with E-state index in [1.807, 2.05) is 37.3 Å². The molecule has 126 valence electrons. The number of rotatable bonds is 5. The molecule has 5 nitrogen and oxygen atoms in total. The van der Waals surface area contributed by atoms with Gasteiger partial charge in [-0.2, -0.15) is 0 Å². The van der Waals surface area contributed by atoms with Crippen molar-refractivity contribution in [1.82, 2.24) is 15.3 Å². The second-order valence-corrected chi connectivity index (χ2v) is 6.00. The van der Waals surface area contributed by atoms with Gasteiger partial charge >= 0.3 is 0 Å². The van der Waals surface area contributed by atoms with Gasteiger partial charge in [0.1, 0.15) is 5.82 Å². The van der Waals surface area contributed by atoms with Crippen LogP contribution in [0.4, 0.5) is 11.5 Å². The lowest BCUT2D eigenvalue weighted by Gasteiger charge is -2.10. The van der Waals surface area contributed by atoms with E-state index < -0.39 is 0 Å². The van der Waals surface area contributed by atoms with Gasteiger partial charge < -0.3 is 10.6 Å². The van der Waals surface area contributed by atoms with Crippen LogP contribution in [0.3, 0.4) is 0 Å². The van der Waals surface area contributed by atoms with E-state index >= 15 is 0 Å². The Balaban J connectivity index is 1.62. The summed E-state index contributed by atoms with van der Waals surface area (Å²) in [6.45, 7) is 2.39. The Bertz CT molecular complexity index is 866. The topological polar surface area (TPSA) is 66.9 Å². The van der Waals surface area contributed by atoms with Crippen molar-refractivity contribution in [2.75, 3.05) is 5.32 Å². The van der Waals surface area contributed by atoms with Gasteiger partial charge in [0.05, 0.1) is 5.56 Å². The lowest BCUT2D eigenvalue weighted by molar-refractivity contribution is 0.0950. The van der Waals surface area contributed by atoms with Crippen molar-refractivity contribution < 1.29 is 4.79 Å². The molecule has 2 aromatic heterocycles. The molecule has 0 fully saturated rings. The second-order valence-electron chi connectivity index (χ2n) is 5.56. The van der Waals surface area contributed by atoms with Gasteiger partial charge in [-0.25, -0.2) is 4.98 Å². The molecule has 1 amide bonds. The summed E-state index contributed by atoms with van der Waals surface area (Å²) < 4.78 is 0. The minimum absolute atomic E-state index is 0.175. The first-order valence-corrected chi connectivity index (χ1v) is 8.16. The van der Waals surface area contributed by atoms with Gasteiger partial charge in [-0.3, -0.25) is 9.78 Å². The Labute approximate surface area is 151 Å². The van der Waals surface area contributed by atoms with Crippen LogP contribution in [-0.2, 0) is 6.54 Å². The van der Waals surface area contributed by atoms with Crippen LogP contribution in [0.2, 0.25) is 5.02 Å². The molecule has 3 rings (SSSR count). The lowest BCUT2D eigenvalue weighted by atomic mass is 10.2. The van der Waals surface area contributed by atoms with Crippen molar-refractivity contribution in [3.63, 3.8) is 0 Å². The summed E-state index contributed by atoms with van der Waals surface area (Å²) in [7, 11) is 0. The van der Waals surface area contributed by atoms with Gasteiger partial charge in [-0.1, -0.05) is 17.7 Å². The zero-order valence-electron chi connectivity index (χ0n) is 13.7. The average Bonchev–Trinajstić information content (AvgIpc) is 2.63. The van der Waals surface area contributed by atoms with Crippen molar-refractivity contribution in [2.24, 2.45) is 0 Å². The molecule has 25 heavy (non-hydrogen) atoms. The zero-order valence-corrected chi connectivity index (χ0v) is 14.4. The number of hydrogen-bond donors (Lipinski definition) is 2. The van der Waals surface area contributed by atoms with Crippen molar-refractivity contribution in [3.05, 3.63) is 82.8 Å². The Morgan fingerprint density at radius 1 is 1.16 bits per heavy atom. The molecule has 1 aromatic carbocycles. The Kier molecular flexibility index (Phi) is 5.26. The molecule has 0 saturated carbocycles. The predicted molar refractivity (Wildman–Crippen MR) is 99.1 cm³/mol. The molecule has 0 saturated heterocycles. The number of nitrogens with one attached hydrogen (secondary N) is 2. The summed E-state index contributed by atoms with van der Waals surface area (Å²) in [6, 6.07) is 12.8. The molecule has 2 heterocycles. The molecule has 0 spiro atoms. The number of pyridine rings is 2. The van der Waals surface area contributed by atoms with Gasteiger partial charge in [0.25, 0.3) is 5.91 Å². The predicted octanol–water partition coefficient (Wildman–Crippen LogP) is 4.11. The van der Waals surface area contributed by atoms with E-state index in [0.29, 0.717) is 22.9 Å². The molecule has 0 aliphatic rings. The molecule has 3 aromatic rings. The number of aryl methyl sites for hydroxylation is 1. The molecule has 6 heteroatoms. The number of carbonyl (C=O) groups excluding carboxylic acids is 1. The van der Waals surface area contributed by atoms with E-state index in [1.54, 1.807) is 30.7 Å². The minimum atomic E-state index is -0.175. The third-order valence-electron chi connectivity index (χ3n) is 3.65.